The average Bonchev–Trinajstić information content (AvgIpc) is 3.04. The van der Waals surface area contributed by atoms with Crippen LogP contribution in [0.25, 0.3) is 0 Å². The fourth-order valence-corrected chi connectivity index (χ4v) is 4.38. The van der Waals surface area contributed by atoms with Gasteiger partial charge in [-0.1, -0.05) is 11.6 Å². The minimum atomic E-state index is -0.0583. The average molecular weight is 401 g/mol. The molecule has 0 radical (unpaired) electrons. The Morgan fingerprint density at radius 3 is 2.82 bits per heavy atom. The van der Waals surface area contributed by atoms with Gasteiger partial charge in [-0.15, -0.1) is 0 Å². The minimum absolute atomic E-state index is 0.0179. The van der Waals surface area contributed by atoms with E-state index < -0.39 is 0 Å². The van der Waals surface area contributed by atoms with Crippen molar-refractivity contribution < 1.29 is 9.53 Å². The molecule has 1 aliphatic heterocycles. The summed E-state index contributed by atoms with van der Waals surface area (Å²) < 4.78 is 5.66. The summed E-state index contributed by atoms with van der Waals surface area (Å²) in [7, 11) is 3.91. The number of carbonyl (C=O) groups excluding carboxylic acids is 1. The number of carbonyl (C=O) groups is 1. The summed E-state index contributed by atoms with van der Waals surface area (Å²) in [5.41, 5.74) is 2.29. The molecule has 7 heteroatoms. The number of benzene rings is 1. The SMILES string of the molecule is CN(C)c1ncc2c(n1)C1(CCCN(C(=O)COc3ccc(Cl)cc3)C1)CC2. The minimum Gasteiger partial charge on any atom is -0.484 e. The highest BCUT2D eigenvalue weighted by Gasteiger charge is 2.44. The first-order valence-corrected chi connectivity index (χ1v) is 10.0. The summed E-state index contributed by atoms with van der Waals surface area (Å²) in [6.07, 6.45) is 6.00. The van der Waals surface area contributed by atoms with E-state index in [9.17, 15) is 4.79 Å². The molecular formula is C21H25ClN4O2. The van der Waals surface area contributed by atoms with Crippen LogP contribution in [0.4, 0.5) is 5.95 Å². The van der Waals surface area contributed by atoms with Gasteiger partial charge in [0, 0.05) is 43.8 Å². The molecule has 148 valence electrons. The molecule has 0 bridgehead atoms. The lowest BCUT2D eigenvalue weighted by molar-refractivity contribution is -0.135. The number of amides is 1. The third-order valence-corrected chi connectivity index (χ3v) is 5.98. The van der Waals surface area contributed by atoms with Gasteiger partial charge in [0.1, 0.15) is 5.75 Å². The van der Waals surface area contributed by atoms with Crippen LogP contribution in [0, 0.1) is 0 Å². The van der Waals surface area contributed by atoms with Crippen LogP contribution in [-0.2, 0) is 16.6 Å². The summed E-state index contributed by atoms with van der Waals surface area (Å²) in [5, 5.41) is 0.649. The van der Waals surface area contributed by atoms with Gasteiger partial charge in [-0.2, -0.15) is 0 Å². The zero-order valence-electron chi connectivity index (χ0n) is 16.3. The molecule has 1 saturated heterocycles. The van der Waals surface area contributed by atoms with Crippen LogP contribution in [0.15, 0.2) is 30.5 Å². The molecule has 4 rings (SSSR count). The molecule has 1 atom stereocenters. The number of hydrogen-bond donors (Lipinski definition) is 0. The molecule has 1 unspecified atom stereocenters. The Balaban J connectivity index is 1.47. The molecule has 1 aliphatic carbocycles. The van der Waals surface area contributed by atoms with Gasteiger partial charge in [-0.3, -0.25) is 4.79 Å². The molecule has 1 spiro atoms. The van der Waals surface area contributed by atoms with E-state index in [4.69, 9.17) is 21.3 Å². The van der Waals surface area contributed by atoms with E-state index in [0.29, 0.717) is 17.3 Å². The van der Waals surface area contributed by atoms with Crippen molar-refractivity contribution in [2.24, 2.45) is 0 Å². The molecular weight excluding hydrogens is 376 g/mol. The number of hydrogen-bond acceptors (Lipinski definition) is 5. The van der Waals surface area contributed by atoms with Gasteiger partial charge >= 0.3 is 0 Å². The molecule has 2 heterocycles. The van der Waals surface area contributed by atoms with Gasteiger partial charge in [-0.05, 0) is 55.5 Å². The standard InChI is InChI=1S/C21H25ClN4O2/c1-25(2)20-23-12-15-8-10-21(19(15)24-20)9-3-11-26(14-21)18(27)13-28-17-6-4-16(22)5-7-17/h4-7,12H,3,8-11,13-14H2,1-2H3. The smallest absolute Gasteiger partial charge is 0.260 e. The second-order valence-electron chi connectivity index (χ2n) is 7.88. The van der Waals surface area contributed by atoms with Crippen LogP contribution >= 0.6 is 11.6 Å². The summed E-state index contributed by atoms with van der Waals surface area (Å²) in [6.45, 7) is 1.51. The van der Waals surface area contributed by atoms with E-state index in [1.807, 2.05) is 30.1 Å². The number of piperidine rings is 1. The first kappa shape index (κ1) is 19.0. The van der Waals surface area contributed by atoms with Crippen LogP contribution in [0.2, 0.25) is 5.02 Å². The number of aromatic nitrogens is 2. The maximum absolute atomic E-state index is 12.8. The zero-order valence-corrected chi connectivity index (χ0v) is 17.1. The van der Waals surface area contributed by atoms with Gasteiger partial charge in [0.05, 0.1) is 5.69 Å². The predicted molar refractivity (Wildman–Crippen MR) is 109 cm³/mol. The topological polar surface area (TPSA) is 58.6 Å². The second kappa shape index (κ2) is 7.59. The summed E-state index contributed by atoms with van der Waals surface area (Å²) in [4.78, 5) is 26.0. The third kappa shape index (κ3) is 3.65. The predicted octanol–water partition coefficient (Wildman–Crippen LogP) is 3.08. The Morgan fingerprint density at radius 1 is 1.29 bits per heavy atom. The Hall–Kier alpha value is -2.34. The lowest BCUT2D eigenvalue weighted by Crippen LogP contribution is -2.49. The number of nitrogens with zero attached hydrogens (tertiary/aromatic N) is 4. The highest BCUT2D eigenvalue weighted by atomic mass is 35.5. The van der Waals surface area contributed by atoms with Gasteiger partial charge < -0.3 is 14.5 Å². The monoisotopic (exact) mass is 400 g/mol. The van der Waals surface area contributed by atoms with Crippen LogP contribution in [0.1, 0.15) is 30.5 Å². The Morgan fingerprint density at radius 2 is 2.07 bits per heavy atom. The van der Waals surface area contributed by atoms with Crippen LogP contribution in [0.3, 0.4) is 0 Å². The molecule has 1 fully saturated rings. The first-order chi connectivity index (χ1) is 13.5. The van der Waals surface area contributed by atoms with E-state index in [-0.39, 0.29) is 17.9 Å². The van der Waals surface area contributed by atoms with Crippen molar-refractivity contribution >= 4 is 23.5 Å². The van der Waals surface area contributed by atoms with E-state index >= 15 is 0 Å². The summed E-state index contributed by atoms with van der Waals surface area (Å²) >= 11 is 5.89. The molecule has 0 N–H and O–H groups in total. The van der Waals surface area contributed by atoms with Crippen LogP contribution in [0.5, 0.6) is 5.75 Å². The van der Waals surface area contributed by atoms with Crippen LogP contribution < -0.4 is 9.64 Å². The maximum atomic E-state index is 12.8. The van der Waals surface area contributed by atoms with E-state index in [0.717, 1.165) is 43.9 Å². The van der Waals surface area contributed by atoms with Crippen molar-refractivity contribution in [3.05, 3.63) is 46.7 Å². The number of anilines is 1. The highest BCUT2D eigenvalue weighted by molar-refractivity contribution is 6.30. The van der Waals surface area contributed by atoms with Crippen molar-refractivity contribution in [3.8, 4) is 5.75 Å². The molecule has 2 aromatic rings. The number of fused-ring (bicyclic) bond motifs is 2. The normalized spacial score (nSPS) is 20.9. The van der Waals surface area contributed by atoms with E-state index in [2.05, 4.69) is 4.98 Å². The van der Waals surface area contributed by atoms with Gasteiger partial charge in [-0.25, -0.2) is 9.97 Å². The fraction of sp³-hybridized carbons (Fsp3) is 0.476. The quantitative estimate of drug-likeness (QED) is 0.789. The molecule has 6 nitrogen and oxygen atoms in total. The third-order valence-electron chi connectivity index (χ3n) is 5.73. The van der Waals surface area contributed by atoms with Crippen molar-refractivity contribution in [2.75, 3.05) is 38.7 Å². The number of rotatable bonds is 4. The van der Waals surface area contributed by atoms with Crippen molar-refractivity contribution in [1.29, 1.82) is 0 Å². The van der Waals surface area contributed by atoms with Crippen molar-refractivity contribution in [2.45, 2.75) is 31.1 Å². The van der Waals surface area contributed by atoms with Gasteiger partial charge in [0.15, 0.2) is 6.61 Å². The number of halogens is 1. The lowest BCUT2D eigenvalue weighted by Gasteiger charge is -2.40. The second-order valence-corrected chi connectivity index (χ2v) is 8.32. The summed E-state index contributed by atoms with van der Waals surface area (Å²) in [5.74, 6) is 1.40. The maximum Gasteiger partial charge on any atom is 0.260 e. The Kier molecular flexibility index (Phi) is 5.15. The Labute approximate surface area is 170 Å². The molecule has 0 saturated carbocycles. The fourth-order valence-electron chi connectivity index (χ4n) is 4.26. The van der Waals surface area contributed by atoms with E-state index in [1.165, 1.54) is 5.56 Å². The van der Waals surface area contributed by atoms with Crippen molar-refractivity contribution in [3.63, 3.8) is 0 Å². The van der Waals surface area contributed by atoms with Gasteiger partial charge in [0.25, 0.3) is 5.91 Å². The highest BCUT2D eigenvalue weighted by Crippen LogP contribution is 2.44. The van der Waals surface area contributed by atoms with Gasteiger partial charge in [0.2, 0.25) is 5.95 Å². The first-order valence-electron chi connectivity index (χ1n) is 9.67. The molecule has 1 amide bonds. The number of likely N-dealkylation sites (tertiary alicyclic amines) is 1. The zero-order chi connectivity index (χ0) is 19.7. The number of ether oxygens (including phenoxy) is 1. The largest absolute Gasteiger partial charge is 0.484 e. The molecule has 1 aromatic carbocycles. The lowest BCUT2D eigenvalue weighted by atomic mass is 9.77. The number of aryl methyl sites for hydroxylation is 1. The van der Waals surface area contributed by atoms with Crippen LogP contribution in [-0.4, -0.2) is 54.6 Å². The van der Waals surface area contributed by atoms with E-state index in [1.54, 1.807) is 24.3 Å². The summed E-state index contributed by atoms with van der Waals surface area (Å²) in [6, 6.07) is 7.07. The molecule has 2 aliphatic rings. The Bertz CT molecular complexity index is 867. The van der Waals surface area contributed by atoms with Crippen molar-refractivity contribution in [1.82, 2.24) is 14.9 Å². The molecule has 1 aromatic heterocycles. The molecule has 28 heavy (non-hydrogen) atoms.